The molecule has 0 saturated heterocycles. The fourth-order valence-corrected chi connectivity index (χ4v) is 2.48. The first-order valence-electron chi connectivity index (χ1n) is 6.66. The van der Waals surface area contributed by atoms with E-state index in [1.807, 2.05) is 18.2 Å². The molecule has 2 N–H and O–H groups in total. The highest BCUT2D eigenvalue weighted by Gasteiger charge is 2.10. The van der Waals surface area contributed by atoms with E-state index in [0.29, 0.717) is 10.8 Å². The first-order chi connectivity index (χ1) is 9.51. The van der Waals surface area contributed by atoms with Crippen molar-refractivity contribution in [2.45, 2.75) is 26.3 Å². The van der Waals surface area contributed by atoms with E-state index in [9.17, 15) is 0 Å². The van der Waals surface area contributed by atoms with Gasteiger partial charge in [-0.3, -0.25) is 0 Å². The number of nitrogens with two attached hydrogens (primary N) is 1. The monoisotopic (exact) mass is 289 g/mol. The quantitative estimate of drug-likeness (QED) is 0.915. The zero-order valence-electron chi connectivity index (χ0n) is 12.1. The molecule has 1 unspecified atom stereocenters. The lowest BCUT2D eigenvalue weighted by molar-refractivity contribution is 0.414. The minimum atomic E-state index is -0.0690. The van der Waals surface area contributed by atoms with Gasteiger partial charge in [0.15, 0.2) is 0 Å². The summed E-state index contributed by atoms with van der Waals surface area (Å²) in [6.07, 6.45) is 0.795. The standard InChI is InChI=1S/C17H20ClNO/c1-11-4-5-13(8-12(11)2)9-16(19)14-6-7-17(20-3)15(18)10-14/h4-8,10,16H,9,19H2,1-3H3. The van der Waals surface area contributed by atoms with Gasteiger partial charge in [0.1, 0.15) is 5.75 Å². The van der Waals surface area contributed by atoms with Crippen molar-refractivity contribution in [3.05, 3.63) is 63.7 Å². The highest BCUT2D eigenvalue weighted by atomic mass is 35.5. The zero-order chi connectivity index (χ0) is 14.7. The lowest BCUT2D eigenvalue weighted by Gasteiger charge is -2.14. The largest absolute Gasteiger partial charge is 0.495 e. The van der Waals surface area contributed by atoms with Gasteiger partial charge in [-0.1, -0.05) is 35.9 Å². The topological polar surface area (TPSA) is 35.2 Å². The Bertz CT molecular complexity index is 610. The predicted octanol–water partition coefficient (Wildman–Crippen LogP) is 4.21. The molecule has 20 heavy (non-hydrogen) atoms. The van der Waals surface area contributed by atoms with Gasteiger partial charge >= 0.3 is 0 Å². The van der Waals surface area contributed by atoms with Crippen molar-refractivity contribution in [1.29, 1.82) is 0 Å². The molecule has 1 atom stereocenters. The van der Waals surface area contributed by atoms with E-state index in [-0.39, 0.29) is 6.04 Å². The summed E-state index contributed by atoms with van der Waals surface area (Å²) in [6, 6.07) is 12.1. The Morgan fingerprint density at radius 1 is 1.10 bits per heavy atom. The van der Waals surface area contributed by atoms with Crippen molar-refractivity contribution < 1.29 is 4.74 Å². The molecule has 2 aromatic carbocycles. The Kier molecular flexibility index (Phi) is 4.69. The van der Waals surface area contributed by atoms with E-state index < -0.39 is 0 Å². The van der Waals surface area contributed by atoms with Crippen LogP contribution in [0.3, 0.4) is 0 Å². The van der Waals surface area contributed by atoms with Crippen LogP contribution in [0.4, 0.5) is 0 Å². The van der Waals surface area contributed by atoms with E-state index in [1.165, 1.54) is 16.7 Å². The molecule has 0 fully saturated rings. The minimum absolute atomic E-state index is 0.0690. The fraction of sp³-hybridized carbons (Fsp3) is 0.294. The molecule has 106 valence electrons. The third-order valence-corrected chi connectivity index (χ3v) is 3.93. The van der Waals surface area contributed by atoms with Gasteiger partial charge < -0.3 is 10.5 Å². The van der Waals surface area contributed by atoms with Crippen molar-refractivity contribution in [3.8, 4) is 5.75 Å². The summed E-state index contributed by atoms with van der Waals surface area (Å²) in [4.78, 5) is 0. The number of hydrogen-bond donors (Lipinski definition) is 1. The van der Waals surface area contributed by atoms with Crippen molar-refractivity contribution in [1.82, 2.24) is 0 Å². The van der Waals surface area contributed by atoms with Crippen LogP contribution in [0.5, 0.6) is 5.75 Å². The lowest BCUT2D eigenvalue weighted by Crippen LogP contribution is -2.13. The molecule has 0 aliphatic carbocycles. The maximum Gasteiger partial charge on any atom is 0.137 e. The summed E-state index contributed by atoms with van der Waals surface area (Å²) in [6.45, 7) is 4.23. The average molecular weight is 290 g/mol. The molecule has 0 aliphatic rings. The van der Waals surface area contributed by atoms with Crippen LogP contribution in [0, 0.1) is 13.8 Å². The Morgan fingerprint density at radius 3 is 2.45 bits per heavy atom. The molecule has 0 radical (unpaired) electrons. The predicted molar refractivity (Wildman–Crippen MR) is 84.6 cm³/mol. The van der Waals surface area contributed by atoms with Crippen LogP contribution in [0.15, 0.2) is 36.4 Å². The van der Waals surface area contributed by atoms with Crippen molar-refractivity contribution in [2.75, 3.05) is 7.11 Å². The number of ether oxygens (including phenoxy) is 1. The first kappa shape index (κ1) is 14.9. The first-order valence-corrected chi connectivity index (χ1v) is 7.04. The third-order valence-electron chi connectivity index (χ3n) is 3.63. The van der Waals surface area contributed by atoms with Crippen LogP contribution < -0.4 is 10.5 Å². The number of benzene rings is 2. The molecule has 0 amide bonds. The zero-order valence-corrected chi connectivity index (χ0v) is 12.9. The minimum Gasteiger partial charge on any atom is -0.495 e. The lowest BCUT2D eigenvalue weighted by atomic mass is 9.97. The third kappa shape index (κ3) is 3.33. The maximum atomic E-state index is 6.28. The van der Waals surface area contributed by atoms with Gasteiger partial charge in [-0.05, 0) is 54.7 Å². The molecule has 2 aromatic rings. The van der Waals surface area contributed by atoms with Crippen LogP contribution in [-0.4, -0.2) is 7.11 Å². The molecule has 0 saturated carbocycles. The SMILES string of the molecule is COc1ccc(C(N)Cc2ccc(C)c(C)c2)cc1Cl. The maximum absolute atomic E-state index is 6.28. The van der Waals surface area contributed by atoms with Crippen LogP contribution in [-0.2, 0) is 6.42 Å². The molecule has 0 aromatic heterocycles. The van der Waals surface area contributed by atoms with Gasteiger partial charge in [-0.15, -0.1) is 0 Å². The Balaban J connectivity index is 2.17. The van der Waals surface area contributed by atoms with Crippen LogP contribution in [0.1, 0.15) is 28.3 Å². The summed E-state index contributed by atoms with van der Waals surface area (Å²) in [5.41, 5.74) is 11.1. The van der Waals surface area contributed by atoms with Gasteiger partial charge in [0, 0.05) is 6.04 Å². The summed E-state index contributed by atoms with van der Waals surface area (Å²) in [7, 11) is 1.61. The van der Waals surface area contributed by atoms with E-state index in [4.69, 9.17) is 22.1 Å². The van der Waals surface area contributed by atoms with Gasteiger partial charge in [-0.2, -0.15) is 0 Å². The number of aryl methyl sites for hydroxylation is 2. The number of hydrogen-bond acceptors (Lipinski definition) is 2. The normalized spacial score (nSPS) is 12.2. The molecule has 0 heterocycles. The molecule has 2 rings (SSSR count). The number of halogens is 1. The van der Waals surface area contributed by atoms with Gasteiger partial charge in [-0.25, -0.2) is 0 Å². The second-order valence-corrected chi connectivity index (χ2v) is 5.53. The van der Waals surface area contributed by atoms with Crippen LogP contribution in [0.25, 0.3) is 0 Å². The smallest absolute Gasteiger partial charge is 0.137 e. The van der Waals surface area contributed by atoms with Crippen LogP contribution in [0.2, 0.25) is 5.02 Å². The van der Waals surface area contributed by atoms with Crippen molar-refractivity contribution >= 4 is 11.6 Å². The van der Waals surface area contributed by atoms with E-state index in [2.05, 4.69) is 32.0 Å². The van der Waals surface area contributed by atoms with Crippen molar-refractivity contribution in [3.63, 3.8) is 0 Å². The molecule has 0 bridgehead atoms. The molecule has 0 spiro atoms. The van der Waals surface area contributed by atoms with Crippen molar-refractivity contribution in [2.24, 2.45) is 5.73 Å². The Labute approximate surface area is 125 Å². The second kappa shape index (κ2) is 6.29. The summed E-state index contributed by atoms with van der Waals surface area (Å²) < 4.78 is 5.15. The van der Waals surface area contributed by atoms with E-state index >= 15 is 0 Å². The molecule has 3 heteroatoms. The van der Waals surface area contributed by atoms with Crippen LogP contribution >= 0.6 is 11.6 Å². The van der Waals surface area contributed by atoms with E-state index in [1.54, 1.807) is 7.11 Å². The number of rotatable bonds is 4. The summed E-state index contributed by atoms with van der Waals surface area (Å²) >= 11 is 6.14. The van der Waals surface area contributed by atoms with Gasteiger partial charge in [0.25, 0.3) is 0 Å². The molecule has 0 aliphatic heterocycles. The number of methoxy groups -OCH3 is 1. The molecular formula is C17H20ClNO. The fourth-order valence-electron chi connectivity index (χ4n) is 2.22. The average Bonchev–Trinajstić information content (AvgIpc) is 2.42. The highest BCUT2D eigenvalue weighted by molar-refractivity contribution is 6.32. The Morgan fingerprint density at radius 2 is 1.85 bits per heavy atom. The summed E-state index contributed by atoms with van der Waals surface area (Å²) in [5, 5.41) is 0.598. The van der Waals surface area contributed by atoms with Gasteiger partial charge in [0.2, 0.25) is 0 Å². The molecule has 2 nitrogen and oxygen atoms in total. The van der Waals surface area contributed by atoms with Gasteiger partial charge in [0.05, 0.1) is 12.1 Å². The second-order valence-electron chi connectivity index (χ2n) is 5.12. The van der Waals surface area contributed by atoms with E-state index in [0.717, 1.165) is 12.0 Å². The Hall–Kier alpha value is -1.51. The summed E-state index contributed by atoms with van der Waals surface area (Å²) in [5.74, 6) is 0.675. The highest BCUT2D eigenvalue weighted by Crippen LogP contribution is 2.28. The molecular weight excluding hydrogens is 270 g/mol.